The van der Waals surface area contributed by atoms with E-state index in [0.29, 0.717) is 37.5 Å². The number of methoxy groups -OCH3 is 1. The Balaban J connectivity index is 1.28. The highest BCUT2D eigenvalue weighted by molar-refractivity contribution is 7.89. The zero-order valence-electron chi connectivity index (χ0n) is 19.5. The SMILES string of the molecule is COC1CCCC(N2CCN(S(=O)(=O)c3ccc(NC(=O)NCc4cccnc4)cc3)CC2)C1. The van der Waals surface area contributed by atoms with Crippen LogP contribution in [0.25, 0.3) is 0 Å². The molecule has 1 aliphatic heterocycles. The maximum absolute atomic E-state index is 13.1. The number of ether oxygens (including phenoxy) is 1. The first-order valence-corrected chi connectivity index (χ1v) is 13.2. The van der Waals surface area contributed by atoms with E-state index in [0.717, 1.165) is 44.3 Å². The molecular weight excluding hydrogens is 454 g/mol. The normalized spacial score (nSPS) is 22.3. The number of carbonyl (C=O) groups excluding carboxylic acids is 1. The molecule has 1 saturated heterocycles. The molecule has 184 valence electrons. The summed E-state index contributed by atoms with van der Waals surface area (Å²) in [6, 6.07) is 10.1. The van der Waals surface area contributed by atoms with Crippen LogP contribution in [0, 0.1) is 0 Å². The van der Waals surface area contributed by atoms with Crippen LogP contribution < -0.4 is 10.6 Å². The predicted molar refractivity (Wildman–Crippen MR) is 130 cm³/mol. The zero-order chi connectivity index (χ0) is 24.0. The Morgan fingerprint density at radius 2 is 1.88 bits per heavy atom. The molecule has 2 heterocycles. The number of nitrogens with one attached hydrogen (secondary N) is 2. The Morgan fingerprint density at radius 3 is 2.56 bits per heavy atom. The summed E-state index contributed by atoms with van der Waals surface area (Å²) in [5.41, 5.74) is 1.42. The summed E-state index contributed by atoms with van der Waals surface area (Å²) in [5, 5.41) is 5.48. The van der Waals surface area contributed by atoms with Crippen LogP contribution in [0.15, 0.2) is 53.7 Å². The van der Waals surface area contributed by atoms with Crippen molar-refractivity contribution in [2.75, 3.05) is 38.6 Å². The number of pyridine rings is 1. The van der Waals surface area contributed by atoms with Gasteiger partial charge in [-0.15, -0.1) is 0 Å². The number of nitrogens with zero attached hydrogens (tertiary/aromatic N) is 3. The average molecular weight is 488 g/mol. The van der Waals surface area contributed by atoms with E-state index in [1.165, 1.54) is 0 Å². The minimum absolute atomic E-state index is 0.236. The van der Waals surface area contributed by atoms with Gasteiger partial charge >= 0.3 is 6.03 Å². The van der Waals surface area contributed by atoms with Crippen LogP contribution in [0.4, 0.5) is 10.5 Å². The van der Waals surface area contributed by atoms with Crippen molar-refractivity contribution in [3.8, 4) is 0 Å². The van der Waals surface area contributed by atoms with Gasteiger partial charge < -0.3 is 15.4 Å². The van der Waals surface area contributed by atoms with E-state index in [4.69, 9.17) is 4.74 Å². The van der Waals surface area contributed by atoms with Crippen LogP contribution in [0.2, 0.25) is 0 Å². The number of aromatic nitrogens is 1. The number of carbonyl (C=O) groups is 1. The number of anilines is 1. The van der Waals surface area contributed by atoms with E-state index >= 15 is 0 Å². The largest absolute Gasteiger partial charge is 0.381 e. The van der Waals surface area contributed by atoms with Crippen molar-refractivity contribution in [2.45, 2.75) is 49.3 Å². The molecule has 4 rings (SSSR count). The molecule has 1 aromatic carbocycles. The van der Waals surface area contributed by atoms with Crippen LogP contribution in [0.1, 0.15) is 31.2 Å². The predicted octanol–water partition coefficient (Wildman–Crippen LogP) is 2.67. The zero-order valence-corrected chi connectivity index (χ0v) is 20.3. The molecule has 0 radical (unpaired) electrons. The van der Waals surface area contributed by atoms with Crippen molar-refractivity contribution in [3.05, 3.63) is 54.4 Å². The number of benzene rings is 1. The molecule has 1 saturated carbocycles. The number of urea groups is 1. The fraction of sp³-hybridized carbons (Fsp3) is 0.500. The summed E-state index contributed by atoms with van der Waals surface area (Å²) >= 11 is 0. The fourth-order valence-electron chi connectivity index (χ4n) is 4.69. The van der Waals surface area contributed by atoms with Crippen molar-refractivity contribution < 1.29 is 17.9 Å². The minimum Gasteiger partial charge on any atom is -0.381 e. The number of sulfonamides is 1. The van der Waals surface area contributed by atoms with Crippen LogP contribution in [0.5, 0.6) is 0 Å². The molecule has 2 fully saturated rings. The Hall–Kier alpha value is -2.53. The Morgan fingerprint density at radius 1 is 1.12 bits per heavy atom. The second-order valence-corrected chi connectivity index (χ2v) is 10.7. The molecule has 34 heavy (non-hydrogen) atoms. The second-order valence-electron chi connectivity index (χ2n) is 8.81. The molecule has 2 amide bonds. The number of piperazine rings is 1. The molecule has 2 N–H and O–H groups in total. The summed E-state index contributed by atoms with van der Waals surface area (Å²) in [6.07, 6.45) is 8.11. The van der Waals surface area contributed by atoms with Gasteiger partial charge in [-0.2, -0.15) is 4.31 Å². The van der Waals surface area contributed by atoms with Gasteiger partial charge in [0.05, 0.1) is 11.0 Å². The lowest BCUT2D eigenvalue weighted by molar-refractivity contribution is 0.0192. The smallest absolute Gasteiger partial charge is 0.319 e. The summed E-state index contributed by atoms with van der Waals surface area (Å²) < 4.78 is 33.4. The fourth-order valence-corrected chi connectivity index (χ4v) is 6.12. The number of hydrogen-bond donors (Lipinski definition) is 2. The lowest BCUT2D eigenvalue weighted by Crippen LogP contribution is -2.53. The monoisotopic (exact) mass is 487 g/mol. The van der Waals surface area contributed by atoms with Crippen molar-refractivity contribution in [1.82, 2.24) is 19.5 Å². The van der Waals surface area contributed by atoms with E-state index in [2.05, 4.69) is 20.5 Å². The van der Waals surface area contributed by atoms with Gasteiger partial charge in [-0.1, -0.05) is 6.07 Å². The van der Waals surface area contributed by atoms with Gasteiger partial charge in [-0.05, 0) is 61.6 Å². The Labute approximate surface area is 201 Å². The van der Waals surface area contributed by atoms with Crippen molar-refractivity contribution >= 4 is 21.7 Å². The summed E-state index contributed by atoms with van der Waals surface area (Å²) in [7, 11) is -1.81. The van der Waals surface area contributed by atoms with Crippen LogP contribution in [-0.2, 0) is 21.3 Å². The van der Waals surface area contributed by atoms with Crippen molar-refractivity contribution in [2.24, 2.45) is 0 Å². The highest BCUT2D eigenvalue weighted by Gasteiger charge is 2.33. The number of hydrogen-bond acceptors (Lipinski definition) is 6. The lowest BCUT2D eigenvalue weighted by Gasteiger charge is -2.41. The Kier molecular flexibility index (Phi) is 8.15. The quantitative estimate of drug-likeness (QED) is 0.622. The molecule has 0 bridgehead atoms. The first-order valence-electron chi connectivity index (χ1n) is 11.8. The highest BCUT2D eigenvalue weighted by Crippen LogP contribution is 2.27. The van der Waals surface area contributed by atoms with Gasteiger partial charge in [0.1, 0.15) is 0 Å². The van der Waals surface area contributed by atoms with Crippen molar-refractivity contribution in [3.63, 3.8) is 0 Å². The molecule has 1 aliphatic carbocycles. The summed E-state index contributed by atoms with van der Waals surface area (Å²) in [6.45, 7) is 2.78. The van der Waals surface area contributed by atoms with Crippen LogP contribution in [-0.4, -0.2) is 74.1 Å². The third-order valence-electron chi connectivity index (χ3n) is 6.65. The van der Waals surface area contributed by atoms with Gasteiger partial charge in [0.2, 0.25) is 10.0 Å². The molecule has 2 atom stereocenters. The molecule has 1 aromatic heterocycles. The first kappa shape index (κ1) is 24.6. The van der Waals surface area contributed by atoms with Gasteiger partial charge in [0.25, 0.3) is 0 Å². The lowest BCUT2D eigenvalue weighted by atomic mass is 9.91. The van der Waals surface area contributed by atoms with Gasteiger partial charge in [0.15, 0.2) is 0 Å². The molecule has 9 nitrogen and oxygen atoms in total. The van der Waals surface area contributed by atoms with Gasteiger partial charge in [-0.25, -0.2) is 13.2 Å². The maximum atomic E-state index is 13.1. The van der Waals surface area contributed by atoms with Crippen LogP contribution >= 0.6 is 0 Å². The average Bonchev–Trinajstić information content (AvgIpc) is 2.88. The minimum atomic E-state index is -3.58. The van der Waals surface area contributed by atoms with Crippen LogP contribution in [0.3, 0.4) is 0 Å². The van der Waals surface area contributed by atoms with Gasteiger partial charge in [0, 0.05) is 64.0 Å². The summed E-state index contributed by atoms with van der Waals surface area (Å²) in [4.78, 5) is 18.8. The second kappa shape index (κ2) is 11.3. The molecule has 2 aliphatic rings. The topological polar surface area (TPSA) is 104 Å². The number of amides is 2. The van der Waals surface area contributed by atoms with E-state index in [-0.39, 0.29) is 10.9 Å². The molecule has 10 heteroatoms. The molecular formula is C24H33N5O4S. The third kappa shape index (κ3) is 6.12. The van der Waals surface area contributed by atoms with Crippen molar-refractivity contribution in [1.29, 1.82) is 0 Å². The van der Waals surface area contributed by atoms with E-state index < -0.39 is 10.0 Å². The Bertz CT molecular complexity index is 1040. The molecule has 0 spiro atoms. The molecule has 2 unspecified atom stereocenters. The van der Waals surface area contributed by atoms with Gasteiger partial charge in [-0.3, -0.25) is 9.88 Å². The van der Waals surface area contributed by atoms with E-state index in [9.17, 15) is 13.2 Å². The van der Waals surface area contributed by atoms with E-state index in [1.807, 2.05) is 6.07 Å². The number of rotatable bonds is 7. The standard InChI is InChI=1S/C24H33N5O4S/c1-33-22-6-2-5-21(16-22)28-12-14-29(15-13-28)34(31,32)23-9-7-20(8-10-23)27-24(30)26-18-19-4-3-11-25-17-19/h3-4,7-11,17,21-22H,2,5-6,12-16,18H2,1H3,(H2,26,27,30). The first-order chi connectivity index (χ1) is 16.5. The maximum Gasteiger partial charge on any atom is 0.319 e. The third-order valence-corrected chi connectivity index (χ3v) is 8.56. The highest BCUT2D eigenvalue weighted by atomic mass is 32.2. The van der Waals surface area contributed by atoms with E-state index in [1.54, 1.807) is 54.1 Å². The molecule has 2 aromatic rings. The summed E-state index contributed by atoms with van der Waals surface area (Å²) in [5.74, 6) is 0.